The van der Waals surface area contributed by atoms with Gasteiger partial charge in [-0.3, -0.25) is 4.79 Å². The molecule has 0 atom stereocenters. The summed E-state index contributed by atoms with van der Waals surface area (Å²) in [5, 5.41) is 19.0. The van der Waals surface area contributed by atoms with Crippen LogP contribution in [-0.4, -0.2) is 34.2 Å². The lowest BCUT2D eigenvalue weighted by atomic mass is 10.2. The van der Waals surface area contributed by atoms with E-state index in [1.165, 1.54) is 25.2 Å². The number of carbonyl (C=O) groups excluding carboxylic acids is 1. The van der Waals surface area contributed by atoms with Crippen molar-refractivity contribution in [3.63, 3.8) is 0 Å². The van der Waals surface area contributed by atoms with Crippen LogP contribution >= 0.6 is 22.6 Å². The maximum atomic E-state index is 11.3. The third-order valence-corrected chi connectivity index (χ3v) is 3.16. The third kappa shape index (κ3) is 3.66. The smallest absolute Gasteiger partial charge is 0.339 e. The number of nitrogens with one attached hydrogen (secondary N) is 1. The van der Waals surface area contributed by atoms with Gasteiger partial charge in [-0.25, -0.2) is 4.79 Å². The molecule has 0 spiro atoms. The molecule has 1 aromatic carbocycles. The minimum atomic E-state index is -1.10. The molecule has 7 nitrogen and oxygen atoms in total. The zero-order valence-corrected chi connectivity index (χ0v) is 13.0. The normalized spacial score (nSPS) is 10.0. The predicted molar refractivity (Wildman–Crippen MR) is 81.6 cm³/mol. The molecule has 21 heavy (non-hydrogen) atoms. The lowest BCUT2D eigenvalue weighted by molar-refractivity contribution is 0.0693. The molecule has 0 radical (unpaired) electrons. The molecule has 0 saturated heterocycles. The number of ether oxygens (including phenoxy) is 1. The monoisotopic (exact) mass is 399 g/mol. The summed E-state index contributed by atoms with van der Waals surface area (Å²) in [6, 6.07) is 7.63. The van der Waals surface area contributed by atoms with Crippen LogP contribution in [0.15, 0.2) is 30.3 Å². The Kier molecular flexibility index (Phi) is 4.68. The number of carbonyl (C=O) groups is 2. The van der Waals surface area contributed by atoms with Crippen molar-refractivity contribution < 1.29 is 19.4 Å². The largest absolute Gasteiger partial charge is 0.478 e. The first-order valence-electron chi connectivity index (χ1n) is 5.78. The number of benzene rings is 1. The summed E-state index contributed by atoms with van der Waals surface area (Å²) in [5.74, 6) is -1.20. The Hall–Kier alpha value is -2.23. The SMILES string of the molecule is CNC(=O)c1ccc(Oc2ccc(I)cc2C(=O)O)nn1. The van der Waals surface area contributed by atoms with E-state index in [-0.39, 0.29) is 28.8 Å². The highest BCUT2D eigenvalue weighted by Crippen LogP contribution is 2.25. The van der Waals surface area contributed by atoms with E-state index in [1.54, 1.807) is 12.1 Å². The average molecular weight is 399 g/mol. The number of hydrogen-bond acceptors (Lipinski definition) is 5. The molecule has 0 fully saturated rings. The van der Waals surface area contributed by atoms with Crippen LogP contribution in [0.1, 0.15) is 20.8 Å². The van der Waals surface area contributed by atoms with Gasteiger partial charge in [-0.05, 0) is 46.9 Å². The number of aromatic nitrogens is 2. The van der Waals surface area contributed by atoms with Gasteiger partial charge in [-0.15, -0.1) is 10.2 Å². The maximum Gasteiger partial charge on any atom is 0.339 e. The van der Waals surface area contributed by atoms with Crippen molar-refractivity contribution in [2.45, 2.75) is 0 Å². The second-order valence-corrected chi connectivity index (χ2v) is 5.13. The Morgan fingerprint density at radius 2 is 2.00 bits per heavy atom. The molecule has 2 N–H and O–H groups in total. The van der Waals surface area contributed by atoms with Crippen molar-refractivity contribution in [1.82, 2.24) is 15.5 Å². The highest BCUT2D eigenvalue weighted by molar-refractivity contribution is 14.1. The van der Waals surface area contributed by atoms with Crippen molar-refractivity contribution in [1.29, 1.82) is 0 Å². The van der Waals surface area contributed by atoms with Crippen LogP contribution in [0.2, 0.25) is 0 Å². The van der Waals surface area contributed by atoms with Crippen LogP contribution in [0.25, 0.3) is 0 Å². The number of hydrogen-bond donors (Lipinski definition) is 2. The van der Waals surface area contributed by atoms with Gasteiger partial charge in [0.25, 0.3) is 5.91 Å². The van der Waals surface area contributed by atoms with Crippen LogP contribution in [-0.2, 0) is 0 Å². The predicted octanol–water partition coefficient (Wildman–Crippen LogP) is 1.93. The van der Waals surface area contributed by atoms with Crippen LogP contribution in [0.4, 0.5) is 0 Å². The van der Waals surface area contributed by atoms with E-state index in [1.807, 2.05) is 22.6 Å². The summed E-state index contributed by atoms with van der Waals surface area (Å²) in [4.78, 5) is 22.5. The van der Waals surface area contributed by atoms with E-state index in [2.05, 4.69) is 15.5 Å². The Morgan fingerprint density at radius 1 is 1.24 bits per heavy atom. The van der Waals surface area contributed by atoms with E-state index in [9.17, 15) is 9.59 Å². The molecule has 0 saturated carbocycles. The van der Waals surface area contributed by atoms with Gasteiger partial charge >= 0.3 is 5.97 Å². The maximum absolute atomic E-state index is 11.3. The van der Waals surface area contributed by atoms with Gasteiger partial charge in [0.05, 0.1) is 0 Å². The Morgan fingerprint density at radius 3 is 2.57 bits per heavy atom. The minimum absolute atomic E-state index is 0.0269. The van der Waals surface area contributed by atoms with E-state index in [0.717, 1.165) is 3.57 Å². The molecule has 0 bridgehead atoms. The molecular formula is C13H10IN3O4. The summed E-state index contributed by atoms with van der Waals surface area (Å²) in [5.41, 5.74) is 0.171. The van der Waals surface area contributed by atoms with Crippen LogP contribution < -0.4 is 10.1 Å². The van der Waals surface area contributed by atoms with Crippen molar-refractivity contribution in [2.75, 3.05) is 7.05 Å². The van der Waals surface area contributed by atoms with Gasteiger partial charge in [0, 0.05) is 16.7 Å². The molecular weight excluding hydrogens is 389 g/mol. The molecule has 2 aromatic rings. The van der Waals surface area contributed by atoms with Gasteiger partial charge in [0.2, 0.25) is 5.88 Å². The van der Waals surface area contributed by atoms with Crippen molar-refractivity contribution >= 4 is 34.5 Å². The Balaban J connectivity index is 2.26. The second kappa shape index (κ2) is 6.48. The Bertz CT molecular complexity index is 688. The fraction of sp³-hybridized carbons (Fsp3) is 0.0769. The molecule has 0 unspecified atom stereocenters. The van der Waals surface area contributed by atoms with Crippen molar-refractivity contribution in [2.24, 2.45) is 0 Å². The zero-order valence-electron chi connectivity index (χ0n) is 10.8. The summed E-state index contributed by atoms with van der Waals surface area (Å²) in [6.07, 6.45) is 0. The van der Waals surface area contributed by atoms with E-state index in [0.29, 0.717) is 0 Å². The molecule has 8 heteroatoms. The standard InChI is InChI=1S/C13H10IN3O4/c1-15-12(18)9-3-5-11(17-16-9)21-10-4-2-7(14)6-8(10)13(19)20/h2-6H,1H3,(H,15,18)(H,19,20). The number of nitrogens with zero attached hydrogens (tertiary/aromatic N) is 2. The summed E-state index contributed by atoms with van der Waals surface area (Å²) in [7, 11) is 1.49. The lowest BCUT2D eigenvalue weighted by Gasteiger charge is -2.08. The lowest BCUT2D eigenvalue weighted by Crippen LogP contribution is -2.19. The molecule has 2 rings (SSSR count). The second-order valence-electron chi connectivity index (χ2n) is 3.88. The zero-order chi connectivity index (χ0) is 15.4. The molecule has 108 valence electrons. The highest BCUT2D eigenvalue weighted by atomic mass is 127. The minimum Gasteiger partial charge on any atom is -0.478 e. The molecule has 0 aliphatic rings. The van der Waals surface area contributed by atoms with Gasteiger partial charge in [0.15, 0.2) is 5.69 Å². The first-order chi connectivity index (χ1) is 10.0. The van der Waals surface area contributed by atoms with Crippen LogP contribution in [0.3, 0.4) is 0 Å². The quantitative estimate of drug-likeness (QED) is 0.763. The third-order valence-electron chi connectivity index (χ3n) is 2.49. The fourth-order valence-corrected chi connectivity index (χ4v) is 1.99. The summed E-state index contributed by atoms with van der Waals surface area (Å²) in [6.45, 7) is 0. The number of carboxylic acid groups (broad SMARTS) is 1. The van der Waals surface area contributed by atoms with Gasteiger partial charge in [-0.2, -0.15) is 0 Å². The number of amides is 1. The number of rotatable bonds is 4. The van der Waals surface area contributed by atoms with Gasteiger partial charge in [-0.1, -0.05) is 0 Å². The number of carboxylic acids is 1. The molecule has 1 aromatic heterocycles. The summed E-state index contributed by atoms with van der Waals surface area (Å²) >= 11 is 2.01. The number of halogens is 1. The summed E-state index contributed by atoms with van der Waals surface area (Å²) < 4.78 is 6.18. The molecule has 0 aliphatic heterocycles. The van der Waals surface area contributed by atoms with Crippen molar-refractivity contribution in [3.8, 4) is 11.6 Å². The first kappa shape index (κ1) is 15.2. The fourth-order valence-electron chi connectivity index (χ4n) is 1.49. The molecule has 1 heterocycles. The van der Waals surface area contributed by atoms with E-state index < -0.39 is 5.97 Å². The highest BCUT2D eigenvalue weighted by Gasteiger charge is 2.14. The number of aromatic carboxylic acids is 1. The van der Waals surface area contributed by atoms with Gasteiger partial charge in [0.1, 0.15) is 11.3 Å². The Labute approximate surface area is 133 Å². The topological polar surface area (TPSA) is 101 Å². The van der Waals surface area contributed by atoms with Crippen LogP contribution in [0, 0.1) is 3.57 Å². The van der Waals surface area contributed by atoms with E-state index >= 15 is 0 Å². The van der Waals surface area contributed by atoms with Crippen molar-refractivity contribution in [3.05, 3.63) is 45.2 Å². The first-order valence-corrected chi connectivity index (χ1v) is 6.85. The average Bonchev–Trinajstić information content (AvgIpc) is 2.49. The molecule has 0 aliphatic carbocycles. The van der Waals surface area contributed by atoms with E-state index in [4.69, 9.17) is 9.84 Å². The molecule has 1 amide bonds. The van der Waals surface area contributed by atoms with Gasteiger partial charge < -0.3 is 15.2 Å². The van der Waals surface area contributed by atoms with Crippen LogP contribution in [0.5, 0.6) is 11.6 Å².